The molecule has 1 fully saturated rings. The van der Waals surface area contributed by atoms with Crippen molar-refractivity contribution >= 4 is 40.6 Å². The maximum absolute atomic E-state index is 12.3. The van der Waals surface area contributed by atoms with Crippen molar-refractivity contribution in [2.45, 2.75) is 56.3 Å². The van der Waals surface area contributed by atoms with Gasteiger partial charge in [-0.2, -0.15) is 0 Å². The average molecular weight is 500 g/mol. The number of hydrogen-bond donors (Lipinski definition) is 3. The second-order valence-corrected chi connectivity index (χ2v) is 9.40. The highest BCUT2D eigenvalue weighted by atomic mass is 35.5. The van der Waals surface area contributed by atoms with Gasteiger partial charge < -0.3 is 25.2 Å². The Morgan fingerprint density at radius 1 is 1.27 bits per heavy atom. The van der Waals surface area contributed by atoms with Crippen molar-refractivity contribution in [1.29, 1.82) is 0 Å². The Balaban J connectivity index is 1.77. The molecule has 3 rings (SSSR count). The van der Waals surface area contributed by atoms with Crippen LogP contribution in [0.1, 0.15) is 33.1 Å². The second-order valence-electron chi connectivity index (χ2n) is 7.88. The van der Waals surface area contributed by atoms with Gasteiger partial charge in [-0.15, -0.1) is 4.47 Å². The van der Waals surface area contributed by atoms with Crippen LogP contribution < -0.4 is 21.5 Å². The summed E-state index contributed by atoms with van der Waals surface area (Å²) >= 11 is 7.35. The number of aromatic hydroxyl groups is 1. The Hall–Kier alpha value is -1.82. The molecule has 0 saturated carbocycles. The van der Waals surface area contributed by atoms with Gasteiger partial charge >= 0.3 is 0 Å². The van der Waals surface area contributed by atoms with Crippen molar-refractivity contribution in [3.8, 4) is 5.75 Å². The molecule has 0 aromatic heterocycles. The van der Waals surface area contributed by atoms with Crippen LogP contribution >= 0.6 is 23.5 Å². The summed E-state index contributed by atoms with van der Waals surface area (Å²) in [4.78, 5) is 30.4. The van der Waals surface area contributed by atoms with E-state index < -0.39 is 10.9 Å². The predicted octanol–water partition coefficient (Wildman–Crippen LogP) is 3.66. The lowest BCUT2D eigenvalue weighted by atomic mass is 10.0. The van der Waals surface area contributed by atoms with Gasteiger partial charge in [-0.1, -0.05) is 18.5 Å². The molecule has 2 aromatic rings. The Labute approximate surface area is 202 Å². The van der Waals surface area contributed by atoms with Crippen LogP contribution in [0.2, 0.25) is 5.02 Å². The molecule has 0 bridgehead atoms. The third-order valence-corrected chi connectivity index (χ3v) is 6.90. The Morgan fingerprint density at radius 3 is 2.64 bits per heavy atom. The molecule has 33 heavy (non-hydrogen) atoms. The molecule has 2 unspecified atom stereocenters. The Kier molecular flexibility index (Phi) is 9.02. The molecular formula is C22H30ClN3O6S. The first kappa shape index (κ1) is 25.8. The standard InChI is InChI=1S/C22H30ClN3O6S/c1-5-14(16-9-6-12(2)32-16)24-17-18(21(29)20(17)28)25-15-8-7-13(23)22(19(15)27)33-26(3)31-11-10-30-4/h7-8,12,14,16,24-25,27H,5-6,9-11H2,1-4H3/t12?,14-,16?/m1/s1. The monoisotopic (exact) mass is 499 g/mol. The number of phenolic OH excluding ortho intramolecular Hbond substituents is 1. The van der Waals surface area contributed by atoms with Gasteiger partial charge in [0.2, 0.25) is 0 Å². The van der Waals surface area contributed by atoms with E-state index in [4.69, 9.17) is 25.9 Å². The summed E-state index contributed by atoms with van der Waals surface area (Å²) in [6, 6.07) is 3.05. The highest BCUT2D eigenvalue weighted by molar-refractivity contribution is 7.97. The topological polar surface area (TPSA) is 109 Å². The summed E-state index contributed by atoms with van der Waals surface area (Å²) in [7, 11) is 3.24. The van der Waals surface area contributed by atoms with E-state index >= 15 is 0 Å². The third-order valence-electron chi connectivity index (χ3n) is 5.52. The molecule has 11 heteroatoms. The van der Waals surface area contributed by atoms with E-state index in [1.165, 1.54) is 4.47 Å². The van der Waals surface area contributed by atoms with Gasteiger partial charge in [-0.3, -0.25) is 14.4 Å². The normalized spacial score (nSPS) is 19.3. The van der Waals surface area contributed by atoms with Crippen molar-refractivity contribution in [2.24, 2.45) is 0 Å². The molecule has 182 valence electrons. The highest BCUT2D eigenvalue weighted by Gasteiger charge is 2.32. The van der Waals surface area contributed by atoms with Crippen molar-refractivity contribution < 1.29 is 19.4 Å². The summed E-state index contributed by atoms with van der Waals surface area (Å²) in [5.74, 6) is -0.159. The van der Waals surface area contributed by atoms with E-state index in [9.17, 15) is 14.7 Å². The first-order chi connectivity index (χ1) is 15.8. The van der Waals surface area contributed by atoms with Crippen LogP contribution in [0.15, 0.2) is 26.6 Å². The number of rotatable bonds is 12. The Morgan fingerprint density at radius 2 is 2.00 bits per heavy atom. The van der Waals surface area contributed by atoms with E-state index in [0.29, 0.717) is 23.1 Å². The zero-order valence-electron chi connectivity index (χ0n) is 19.1. The van der Waals surface area contributed by atoms with Gasteiger partial charge in [-0.05, 0) is 50.3 Å². The van der Waals surface area contributed by atoms with Gasteiger partial charge in [-0.25, -0.2) is 0 Å². The molecule has 3 atom stereocenters. The van der Waals surface area contributed by atoms with Gasteiger partial charge in [0.15, 0.2) is 5.75 Å². The molecule has 0 radical (unpaired) electrons. The van der Waals surface area contributed by atoms with Gasteiger partial charge in [0.25, 0.3) is 10.9 Å². The highest BCUT2D eigenvalue weighted by Crippen LogP contribution is 2.42. The molecule has 0 amide bonds. The van der Waals surface area contributed by atoms with E-state index in [1.54, 1.807) is 26.3 Å². The minimum atomic E-state index is -0.642. The number of nitrogens with one attached hydrogen (secondary N) is 2. The van der Waals surface area contributed by atoms with Crippen LogP contribution in [0.25, 0.3) is 0 Å². The van der Waals surface area contributed by atoms with Gasteiger partial charge in [0.05, 0.1) is 47.1 Å². The van der Waals surface area contributed by atoms with Crippen LogP contribution in [0.5, 0.6) is 5.75 Å². The summed E-state index contributed by atoms with van der Waals surface area (Å²) < 4.78 is 12.3. The van der Waals surface area contributed by atoms with Crippen LogP contribution in [0, 0.1) is 0 Å². The molecule has 1 heterocycles. The Bertz CT molecular complexity index is 1030. The molecule has 1 aliphatic heterocycles. The van der Waals surface area contributed by atoms with Crippen LogP contribution in [-0.2, 0) is 14.3 Å². The zero-order chi connectivity index (χ0) is 24.1. The number of ether oxygens (including phenoxy) is 2. The third kappa shape index (κ3) is 6.00. The van der Waals surface area contributed by atoms with Crippen molar-refractivity contribution in [1.82, 2.24) is 4.47 Å². The summed E-state index contributed by atoms with van der Waals surface area (Å²) in [5.41, 5.74) is -0.657. The molecule has 0 aliphatic carbocycles. The van der Waals surface area contributed by atoms with Crippen LogP contribution in [-0.4, -0.2) is 55.2 Å². The largest absolute Gasteiger partial charge is 0.505 e. The van der Waals surface area contributed by atoms with E-state index in [1.807, 2.05) is 13.8 Å². The summed E-state index contributed by atoms with van der Waals surface area (Å²) in [6.07, 6.45) is 2.74. The number of halogens is 1. The zero-order valence-corrected chi connectivity index (χ0v) is 20.7. The van der Waals surface area contributed by atoms with Crippen LogP contribution in [0.3, 0.4) is 0 Å². The second kappa shape index (κ2) is 11.5. The molecule has 1 saturated heterocycles. The van der Waals surface area contributed by atoms with Gasteiger partial charge in [0, 0.05) is 14.2 Å². The van der Waals surface area contributed by atoms with E-state index in [-0.39, 0.29) is 41.1 Å². The quantitative estimate of drug-likeness (QED) is 0.131. The number of benzene rings is 1. The van der Waals surface area contributed by atoms with E-state index in [2.05, 4.69) is 10.6 Å². The minimum absolute atomic E-state index is 0.0252. The number of hydrogen-bond acceptors (Lipinski definition) is 10. The van der Waals surface area contributed by atoms with E-state index in [0.717, 1.165) is 31.2 Å². The average Bonchev–Trinajstić information content (AvgIpc) is 3.23. The number of hydroxylamine groups is 1. The summed E-state index contributed by atoms with van der Waals surface area (Å²) in [5, 5.41) is 17.2. The van der Waals surface area contributed by atoms with Crippen molar-refractivity contribution in [2.75, 3.05) is 38.0 Å². The van der Waals surface area contributed by atoms with Crippen molar-refractivity contribution in [3.63, 3.8) is 0 Å². The fourth-order valence-electron chi connectivity index (χ4n) is 3.69. The number of methoxy groups -OCH3 is 1. The lowest BCUT2D eigenvalue weighted by Crippen LogP contribution is -2.42. The fraction of sp³-hybridized carbons (Fsp3) is 0.545. The molecule has 0 spiro atoms. The first-order valence-electron chi connectivity index (χ1n) is 10.8. The van der Waals surface area contributed by atoms with Crippen molar-refractivity contribution in [3.05, 3.63) is 37.6 Å². The van der Waals surface area contributed by atoms with Crippen LogP contribution in [0.4, 0.5) is 17.1 Å². The minimum Gasteiger partial charge on any atom is -0.505 e. The SMILES string of the molecule is CC[C@@H](Nc1c(Nc2ccc(Cl)c(SN(C)OCCOC)c2O)c(=O)c1=O)C1CCC(C)O1. The number of anilines is 3. The molecule has 3 N–H and O–H groups in total. The molecule has 9 nitrogen and oxygen atoms in total. The molecule has 1 aliphatic rings. The van der Waals surface area contributed by atoms with Gasteiger partial charge in [0.1, 0.15) is 11.4 Å². The molecular weight excluding hydrogens is 470 g/mol. The summed E-state index contributed by atoms with van der Waals surface area (Å²) in [6.45, 7) is 4.77. The first-order valence-corrected chi connectivity index (χ1v) is 12.0. The maximum Gasteiger partial charge on any atom is 0.253 e. The number of phenols is 1. The maximum atomic E-state index is 12.3. The lowest BCUT2D eigenvalue weighted by molar-refractivity contribution is -0.0734. The molecule has 2 aromatic carbocycles. The lowest BCUT2D eigenvalue weighted by Gasteiger charge is -2.26. The predicted molar refractivity (Wildman–Crippen MR) is 130 cm³/mol. The fourth-order valence-corrected chi connectivity index (χ4v) is 4.69. The number of nitrogens with zero attached hydrogens (tertiary/aromatic N) is 1. The smallest absolute Gasteiger partial charge is 0.253 e.